The Bertz CT molecular complexity index is 75.3. The second kappa shape index (κ2) is 16.2. The van der Waals surface area contributed by atoms with Crippen LogP contribution in [0.4, 0.5) is 0 Å². The summed E-state index contributed by atoms with van der Waals surface area (Å²) in [6.07, 6.45) is 0. The number of aliphatic carboxylic acids is 2. The fourth-order valence-electron chi connectivity index (χ4n) is 0. The van der Waals surface area contributed by atoms with Gasteiger partial charge in [-0.25, -0.2) is 0 Å². The average molecular weight is 302 g/mol. The molecule has 0 fully saturated rings. The van der Waals surface area contributed by atoms with E-state index in [1.807, 2.05) is 0 Å². The molecule has 0 aromatic heterocycles. The number of hydrogen-bond acceptors (Lipinski definition) is 4. The van der Waals surface area contributed by atoms with Crippen molar-refractivity contribution in [2.24, 2.45) is 0 Å². The van der Waals surface area contributed by atoms with Crippen molar-refractivity contribution in [2.45, 2.75) is 13.8 Å². The summed E-state index contributed by atoms with van der Waals surface area (Å²) in [5.41, 5.74) is 0. The molecule has 0 unspecified atom stereocenters. The van der Waals surface area contributed by atoms with E-state index in [0.29, 0.717) is 0 Å². The summed E-state index contributed by atoms with van der Waals surface area (Å²) in [7, 11) is 0. The second-order valence-electron chi connectivity index (χ2n) is 0.983. The zero-order valence-electron chi connectivity index (χ0n) is 5.84. The van der Waals surface area contributed by atoms with Crippen LogP contribution in [0.15, 0.2) is 0 Å². The summed E-state index contributed by atoms with van der Waals surface area (Å²) in [5, 5.41) is 17.8. The first-order valence-corrected chi connectivity index (χ1v) is 1.82. The molecular weight excluding hydrogens is 296 g/mol. The summed E-state index contributed by atoms with van der Waals surface area (Å²) >= 11 is 0. The van der Waals surface area contributed by atoms with Crippen LogP contribution >= 0.6 is 0 Å². The quantitative estimate of drug-likeness (QED) is 0.451. The van der Waals surface area contributed by atoms with Crippen LogP contribution in [0.25, 0.3) is 0 Å². The zero-order valence-corrected chi connectivity index (χ0v) is 11.7. The summed E-state index contributed by atoms with van der Waals surface area (Å²) in [5.74, 6) is -2.17. The van der Waals surface area contributed by atoms with E-state index in [0.717, 1.165) is 13.8 Å². The molecule has 0 amide bonds. The van der Waals surface area contributed by atoms with Gasteiger partial charge in [0.15, 0.2) is 0 Å². The van der Waals surface area contributed by atoms with E-state index < -0.39 is 11.9 Å². The SMILES string of the molecule is CC(=O)[O-].CC(=O)[O-].[Sn+4].[Zn+2]. The molecule has 0 atom stereocenters. The Balaban J connectivity index is -0.0000000300. The maximum absolute atomic E-state index is 8.89. The van der Waals surface area contributed by atoms with E-state index in [2.05, 4.69) is 0 Å². The largest absolute Gasteiger partial charge is 4.00 e. The number of carboxylic acid groups (broad SMARTS) is 2. The van der Waals surface area contributed by atoms with Crippen molar-refractivity contribution in [1.82, 2.24) is 0 Å². The van der Waals surface area contributed by atoms with Crippen LogP contribution in [-0.4, -0.2) is 35.8 Å². The molecule has 4 nitrogen and oxygen atoms in total. The first-order valence-electron chi connectivity index (χ1n) is 1.82. The molecule has 0 aromatic rings. The number of carbonyl (C=O) groups is 2. The molecule has 0 heterocycles. The van der Waals surface area contributed by atoms with Crippen molar-refractivity contribution >= 4 is 35.8 Å². The Morgan fingerprint density at radius 3 is 1.00 bits per heavy atom. The minimum absolute atomic E-state index is 0. The molecule has 10 heavy (non-hydrogen) atoms. The van der Waals surface area contributed by atoms with Crippen molar-refractivity contribution in [2.75, 3.05) is 0 Å². The fourth-order valence-corrected chi connectivity index (χ4v) is 0. The van der Waals surface area contributed by atoms with Gasteiger partial charge in [-0.1, -0.05) is 0 Å². The Morgan fingerprint density at radius 1 is 1.00 bits per heavy atom. The first-order chi connectivity index (χ1) is 3.46. The summed E-state index contributed by atoms with van der Waals surface area (Å²) in [6, 6.07) is 0. The molecule has 0 saturated heterocycles. The average Bonchev–Trinajstić information content (AvgIpc) is 1.25. The smallest absolute Gasteiger partial charge is 0.550 e. The Labute approximate surface area is 88.7 Å². The molecule has 0 aliphatic heterocycles. The van der Waals surface area contributed by atoms with E-state index in [1.54, 1.807) is 0 Å². The molecule has 0 spiro atoms. The van der Waals surface area contributed by atoms with Crippen LogP contribution in [0, 0.1) is 0 Å². The predicted octanol–water partition coefficient (Wildman–Crippen LogP) is -2.87. The molecule has 0 radical (unpaired) electrons. The van der Waals surface area contributed by atoms with Gasteiger partial charge in [0.05, 0.1) is 0 Å². The van der Waals surface area contributed by atoms with Gasteiger partial charge in [0, 0.05) is 11.9 Å². The number of hydrogen-bond donors (Lipinski definition) is 0. The topological polar surface area (TPSA) is 80.3 Å². The Morgan fingerprint density at radius 2 is 1.00 bits per heavy atom. The van der Waals surface area contributed by atoms with Crippen LogP contribution in [0.3, 0.4) is 0 Å². The van der Waals surface area contributed by atoms with E-state index >= 15 is 0 Å². The normalized spacial score (nSPS) is 5.00. The van der Waals surface area contributed by atoms with Gasteiger partial charge in [-0.2, -0.15) is 0 Å². The standard InChI is InChI=1S/2C2H4O2.Sn.Zn/c2*1-2(3)4;;/h2*1H3,(H,3,4);;/q;;+4;+2/p-2. The van der Waals surface area contributed by atoms with Crippen molar-refractivity contribution in [3.8, 4) is 0 Å². The third-order valence-electron chi connectivity index (χ3n) is 0. The van der Waals surface area contributed by atoms with Crippen LogP contribution in [0.5, 0.6) is 0 Å². The van der Waals surface area contributed by atoms with Gasteiger partial charge in [-0.15, -0.1) is 0 Å². The van der Waals surface area contributed by atoms with Gasteiger partial charge in [0.1, 0.15) is 0 Å². The van der Waals surface area contributed by atoms with Crippen LogP contribution in [-0.2, 0) is 29.1 Å². The van der Waals surface area contributed by atoms with Gasteiger partial charge >= 0.3 is 43.4 Å². The summed E-state index contributed by atoms with van der Waals surface area (Å²) < 4.78 is 0. The van der Waals surface area contributed by atoms with Gasteiger partial charge in [0.2, 0.25) is 0 Å². The van der Waals surface area contributed by atoms with E-state index in [1.165, 1.54) is 0 Å². The minimum atomic E-state index is -1.08. The molecular formula is C4H6O4SnZn+4. The number of rotatable bonds is 0. The van der Waals surface area contributed by atoms with Crippen molar-refractivity contribution in [3.63, 3.8) is 0 Å². The van der Waals surface area contributed by atoms with Crippen LogP contribution in [0.2, 0.25) is 0 Å². The zero-order chi connectivity index (χ0) is 7.15. The molecule has 48 valence electrons. The second-order valence-corrected chi connectivity index (χ2v) is 0.983. The summed E-state index contributed by atoms with van der Waals surface area (Å²) in [4.78, 5) is 17.8. The van der Waals surface area contributed by atoms with Gasteiger partial charge in [-0.3, -0.25) is 0 Å². The maximum atomic E-state index is 8.89. The third-order valence-corrected chi connectivity index (χ3v) is 0. The molecule has 0 aliphatic rings. The molecule has 0 aromatic carbocycles. The first kappa shape index (κ1) is 22.4. The predicted molar refractivity (Wildman–Crippen MR) is 27.1 cm³/mol. The van der Waals surface area contributed by atoms with E-state index in [9.17, 15) is 0 Å². The molecule has 0 aliphatic carbocycles. The molecule has 0 rings (SSSR count). The van der Waals surface area contributed by atoms with Crippen molar-refractivity contribution in [3.05, 3.63) is 0 Å². The maximum Gasteiger partial charge on any atom is 4.00 e. The number of carbonyl (C=O) groups excluding carboxylic acids is 2. The Hall–Kier alpha value is 0.362. The van der Waals surface area contributed by atoms with Gasteiger partial charge in [-0.05, 0) is 13.8 Å². The van der Waals surface area contributed by atoms with E-state index in [4.69, 9.17) is 19.8 Å². The van der Waals surface area contributed by atoms with E-state index in [-0.39, 0.29) is 43.4 Å². The molecule has 0 saturated carbocycles. The van der Waals surface area contributed by atoms with Crippen LogP contribution in [0.1, 0.15) is 13.8 Å². The molecule has 0 N–H and O–H groups in total. The van der Waals surface area contributed by atoms with Crippen LogP contribution < -0.4 is 10.2 Å². The minimum Gasteiger partial charge on any atom is -0.550 e. The molecule has 0 bridgehead atoms. The molecule has 6 heteroatoms. The summed E-state index contributed by atoms with van der Waals surface area (Å²) in [6.45, 7) is 1.94. The Kier molecular flexibility index (Phi) is 36.3. The van der Waals surface area contributed by atoms with Crippen molar-refractivity contribution < 1.29 is 39.3 Å². The van der Waals surface area contributed by atoms with Crippen molar-refractivity contribution in [1.29, 1.82) is 0 Å². The van der Waals surface area contributed by atoms with Gasteiger partial charge in [0.25, 0.3) is 0 Å². The van der Waals surface area contributed by atoms with Gasteiger partial charge < -0.3 is 19.8 Å². The monoisotopic (exact) mass is 302 g/mol. The number of carboxylic acids is 2. The fraction of sp³-hybridized carbons (Fsp3) is 0.500. The third kappa shape index (κ3) is 3460.